The molecule has 0 spiro atoms. The van der Waals surface area contributed by atoms with E-state index < -0.39 is 5.69 Å². The average Bonchev–Trinajstić information content (AvgIpc) is 2.84. The van der Waals surface area contributed by atoms with Gasteiger partial charge in [-0.25, -0.2) is 19.7 Å². The number of carbonyl (C=O) groups excluding carboxylic acids is 1. The Kier molecular flexibility index (Phi) is 5.05. The summed E-state index contributed by atoms with van der Waals surface area (Å²) in [5.74, 6) is 0.515. The highest BCUT2D eigenvalue weighted by atomic mass is 35.5. The summed E-state index contributed by atoms with van der Waals surface area (Å²) in [5, 5.41) is 0.493. The molecule has 2 aromatic rings. The molecule has 3 rings (SSSR count). The first kappa shape index (κ1) is 16.4. The lowest BCUT2D eigenvalue weighted by Crippen LogP contribution is -2.39. The van der Waals surface area contributed by atoms with Crippen LogP contribution in [0.3, 0.4) is 0 Å². The zero-order valence-electron chi connectivity index (χ0n) is 13.0. The molecule has 0 unspecified atom stereocenters. The van der Waals surface area contributed by atoms with E-state index in [0.29, 0.717) is 30.6 Å². The van der Waals surface area contributed by atoms with Crippen molar-refractivity contribution in [2.45, 2.75) is 13.0 Å². The number of rotatable bonds is 3. The SMILES string of the molecule is O=C(Cn1cccnc1=O)N1CCCN(c2ncc(Cl)cn2)CC1. The Morgan fingerprint density at radius 3 is 2.67 bits per heavy atom. The molecule has 2 aromatic heterocycles. The topological polar surface area (TPSA) is 84.2 Å². The predicted octanol–water partition coefficient (Wildman–Crippen LogP) is 0.426. The fourth-order valence-corrected chi connectivity index (χ4v) is 2.69. The Labute approximate surface area is 143 Å². The highest BCUT2D eigenvalue weighted by Gasteiger charge is 2.20. The Morgan fingerprint density at radius 1 is 1.12 bits per heavy atom. The zero-order chi connectivity index (χ0) is 16.9. The van der Waals surface area contributed by atoms with Gasteiger partial charge in [0.2, 0.25) is 11.9 Å². The maximum Gasteiger partial charge on any atom is 0.347 e. The standard InChI is InChI=1S/C15H17ClN6O2/c16-12-9-18-14(19-10-12)21-6-2-5-20(7-8-21)13(23)11-22-4-1-3-17-15(22)24/h1,3-4,9-10H,2,5-8,11H2. The van der Waals surface area contributed by atoms with Crippen LogP contribution in [-0.2, 0) is 11.3 Å². The van der Waals surface area contributed by atoms with E-state index in [1.807, 2.05) is 4.90 Å². The molecular formula is C15H17ClN6O2. The first-order valence-corrected chi connectivity index (χ1v) is 8.03. The van der Waals surface area contributed by atoms with Crippen molar-refractivity contribution in [3.63, 3.8) is 0 Å². The van der Waals surface area contributed by atoms with Gasteiger partial charge >= 0.3 is 5.69 Å². The van der Waals surface area contributed by atoms with Crippen molar-refractivity contribution in [3.8, 4) is 0 Å². The van der Waals surface area contributed by atoms with E-state index in [1.54, 1.807) is 29.6 Å². The van der Waals surface area contributed by atoms with Crippen molar-refractivity contribution in [3.05, 3.63) is 46.4 Å². The van der Waals surface area contributed by atoms with Crippen LogP contribution >= 0.6 is 11.6 Å². The van der Waals surface area contributed by atoms with Crippen LogP contribution in [0.2, 0.25) is 5.02 Å². The number of nitrogens with zero attached hydrogens (tertiary/aromatic N) is 6. The number of halogens is 1. The van der Waals surface area contributed by atoms with E-state index in [0.717, 1.165) is 13.0 Å². The smallest absolute Gasteiger partial charge is 0.339 e. The number of anilines is 1. The normalized spacial score (nSPS) is 15.2. The van der Waals surface area contributed by atoms with E-state index in [4.69, 9.17) is 11.6 Å². The quantitative estimate of drug-likeness (QED) is 0.799. The summed E-state index contributed by atoms with van der Waals surface area (Å²) < 4.78 is 1.31. The molecule has 24 heavy (non-hydrogen) atoms. The van der Waals surface area contributed by atoms with E-state index in [1.165, 1.54) is 10.8 Å². The summed E-state index contributed by atoms with van der Waals surface area (Å²) >= 11 is 5.81. The molecule has 0 saturated carbocycles. The summed E-state index contributed by atoms with van der Waals surface area (Å²) in [6.07, 6.45) is 6.91. The van der Waals surface area contributed by atoms with Crippen LogP contribution in [0.25, 0.3) is 0 Å². The molecule has 126 valence electrons. The summed E-state index contributed by atoms with van der Waals surface area (Å²) in [6.45, 7) is 2.59. The molecule has 1 aliphatic rings. The Morgan fingerprint density at radius 2 is 1.92 bits per heavy atom. The second-order valence-electron chi connectivity index (χ2n) is 5.45. The maximum atomic E-state index is 12.4. The molecule has 0 bridgehead atoms. The summed E-state index contributed by atoms with van der Waals surface area (Å²) in [4.78, 5) is 39.9. The number of amides is 1. The minimum atomic E-state index is -0.420. The molecule has 1 saturated heterocycles. The fourth-order valence-electron chi connectivity index (χ4n) is 2.59. The highest BCUT2D eigenvalue weighted by Crippen LogP contribution is 2.13. The second-order valence-corrected chi connectivity index (χ2v) is 5.89. The molecule has 0 N–H and O–H groups in total. The molecule has 1 amide bonds. The molecule has 8 nitrogen and oxygen atoms in total. The molecule has 1 aliphatic heterocycles. The van der Waals surface area contributed by atoms with E-state index >= 15 is 0 Å². The molecule has 0 atom stereocenters. The van der Waals surface area contributed by atoms with E-state index in [9.17, 15) is 9.59 Å². The van der Waals surface area contributed by atoms with Crippen molar-refractivity contribution in [1.82, 2.24) is 24.4 Å². The van der Waals surface area contributed by atoms with Crippen molar-refractivity contribution in [2.75, 3.05) is 31.1 Å². The van der Waals surface area contributed by atoms with Gasteiger partial charge in [0.25, 0.3) is 0 Å². The van der Waals surface area contributed by atoms with Gasteiger partial charge in [-0.05, 0) is 12.5 Å². The number of aromatic nitrogens is 4. The largest absolute Gasteiger partial charge is 0.347 e. The van der Waals surface area contributed by atoms with Crippen molar-refractivity contribution in [1.29, 1.82) is 0 Å². The second kappa shape index (κ2) is 7.39. The molecule has 9 heteroatoms. The van der Waals surface area contributed by atoms with Crippen LogP contribution in [-0.4, -0.2) is 56.5 Å². The summed E-state index contributed by atoms with van der Waals surface area (Å²) in [5.41, 5.74) is -0.420. The molecular weight excluding hydrogens is 332 g/mol. The molecule has 0 aromatic carbocycles. The van der Waals surface area contributed by atoms with Gasteiger partial charge in [-0.2, -0.15) is 0 Å². The average molecular weight is 349 g/mol. The summed E-state index contributed by atoms with van der Waals surface area (Å²) in [7, 11) is 0. The van der Waals surface area contributed by atoms with E-state index in [-0.39, 0.29) is 12.5 Å². The molecule has 1 fully saturated rings. The Balaban J connectivity index is 1.62. The number of hydrogen-bond donors (Lipinski definition) is 0. The van der Waals surface area contributed by atoms with Gasteiger partial charge in [0.1, 0.15) is 6.54 Å². The lowest BCUT2D eigenvalue weighted by Gasteiger charge is -2.22. The first-order chi connectivity index (χ1) is 11.6. The van der Waals surface area contributed by atoms with Crippen LogP contribution in [0, 0.1) is 0 Å². The highest BCUT2D eigenvalue weighted by molar-refractivity contribution is 6.30. The lowest BCUT2D eigenvalue weighted by molar-refractivity contribution is -0.131. The van der Waals surface area contributed by atoms with Crippen LogP contribution in [0.5, 0.6) is 0 Å². The third-order valence-electron chi connectivity index (χ3n) is 3.83. The van der Waals surface area contributed by atoms with Gasteiger partial charge in [-0.3, -0.25) is 9.36 Å². The third kappa shape index (κ3) is 3.88. The van der Waals surface area contributed by atoms with Gasteiger partial charge in [-0.15, -0.1) is 0 Å². The predicted molar refractivity (Wildman–Crippen MR) is 88.9 cm³/mol. The van der Waals surface area contributed by atoms with Gasteiger partial charge in [0.15, 0.2) is 0 Å². The number of hydrogen-bond acceptors (Lipinski definition) is 6. The van der Waals surface area contributed by atoms with Gasteiger partial charge in [0.05, 0.1) is 17.4 Å². The van der Waals surface area contributed by atoms with Crippen molar-refractivity contribution >= 4 is 23.5 Å². The monoisotopic (exact) mass is 348 g/mol. The molecule has 0 radical (unpaired) electrons. The molecule has 0 aliphatic carbocycles. The third-order valence-corrected chi connectivity index (χ3v) is 4.02. The van der Waals surface area contributed by atoms with Crippen LogP contribution in [0.15, 0.2) is 35.6 Å². The number of carbonyl (C=O) groups is 1. The van der Waals surface area contributed by atoms with E-state index in [2.05, 4.69) is 15.0 Å². The fraction of sp³-hybridized carbons (Fsp3) is 0.400. The minimum absolute atomic E-state index is 0.00409. The Bertz CT molecular complexity index is 763. The van der Waals surface area contributed by atoms with Crippen LogP contribution in [0.4, 0.5) is 5.95 Å². The lowest BCUT2D eigenvalue weighted by atomic mass is 10.3. The Hall–Kier alpha value is -2.48. The van der Waals surface area contributed by atoms with Crippen LogP contribution in [0.1, 0.15) is 6.42 Å². The summed E-state index contributed by atoms with van der Waals surface area (Å²) in [6, 6.07) is 1.64. The van der Waals surface area contributed by atoms with Crippen LogP contribution < -0.4 is 10.6 Å². The van der Waals surface area contributed by atoms with Gasteiger partial charge < -0.3 is 9.80 Å². The first-order valence-electron chi connectivity index (χ1n) is 7.65. The minimum Gasteiger partial charge on any atom is -0.339 e. The molecule has 3 heterocycles. The van der Waals surface area contributed by atoms with Crippen molar-refractivity contribution < 1.29 is 4.79 Å². The zero-order valence-corrected chi connectivity index (χ0v) is 13.8. The van der Waals surface area contributed by atoms with Gasteiger partial charge in [0, 0.05) is 38.6 Å². The van der Waals surface area contributed by atoms with Crippen molar-refractivity contribution in [2.24, 2.45) is 0 Å². The maximum absolute atomic E-state index is 12.4. The van der Waals surface area contributed by atoms with Gasteiger partial charge in [-0.1, -0.05) is 11.6 Å².